The smallest absolute Gasteiger partial charge is 0.348 e. The van der Waals surface area contributed by atoms with Crippen molar-refractivity contribution in [1.82, 2.24) is 0 Å². The van der Waals surface area contributed by atoms with E-state index in [0.717, 1.165) is 16.7 Å². The number of hydrogen-bond donors (Lipinski definition) is 0. The van der Waals surface area contributed by atoms with Gasteiger partial charge in [0.1, 0.15) is 4.88 Å². The Morgan fingerprint density at radius 2 is 1.89 bits per heavy atom. The summed E-state index contributed by atoms with van der Waals surface area (Å²) in [4.78, 5) is 13.5. The largest absolute Gasteiger partial charge is 0.462 e. The van der Waals surface area contributed by atoms with Crippen LogP contribution in [0.4, 0.5) is 0 Å². The zero-order valence-corrected chi connectivity index (χ0v) is 20.9. The third-order valence-electron chi connectivity index (χ3n) is 4.94. The highest BCUT2D eigenvalue weighted by Crippen LogP contribution is 2.37. The van der Waals surface area contributed by atoms with Crippen molar-refractivity contribution in [1.29, 1.82) is 0 Å². The first-order chi connectivity index (χ1) is 12.7. The number of carbonyl (C=O) groups is 1. The summed E-state index contributed by atoms with van der Waals surface area (Å²) in [7, 11) is -5.61. The van der Waals surface area contributed by atoms with Gasteiger partial charge in [0.25, 0.3) is 10.1 Å². The molecular weight excluding hydrogens is 416 g/mol. The van der Waals surface area contributed by atoms with Gasteiger partial charge in [-0.3, -0.25) is 4.18 Å². The fourth-order valence-electron chi connectivity index (χ4n) is 2.29. The molecule has 0 spiro atoms. The Balaban J connectivity index is 2.84. The highest BCUT2D eigenvalue weighted by Gasteiger charge is 2.38. The topological polar surface area (TPSA) is 78.9 Å². The molecule has 9 heteroatoms. The van der Waals surface area contributed by atoms with Crippen LogP contribution in [0.1, 0.15) is 54.2 Å². The summed E-state index contributed by atoms with van der Waals surface area (Å²) >= 11 is 1.38. The average molecular weight is 451 g/mol. The van der Waals surface area contributed by atoms with Crippen molar-refractivity contribution in [3.63, 3.8) is 0 Å². The Morgan fingerprint density at radius 1 is 1.29 bits per heavy atom. The van der Waals surface area contributed by atoms with E-state index in [4.69, 9.17) is 13.3 Å². The first kappa shape index (κ1) is 25.3. The van der Waals surface area contributed by atoms with Gasteiger partial charge in [0, 0.05) is 4.88 Å². The van der Waals surface area contributed by atoms with E-state index in [1.807, 2.05) is 13.0 Å². The first-order valence-corrected chi connectivity index (χ1v) is 15.0. The van der Waals surface area contributed by atoms with Gasteiger partial charge in [-0.05, 0) is 56.5 Å². The van der Waals surface area contributed by atoms with Crippen molar-refractivity contribution in [3.05, 3.63) is 21.4 Å². The number of hydrogen-bond acceptors (Lipinski definition) is 7. The summed E-state index contributed by atoms with van der Waals surface area (Å²) in [6.45, 7) is 14.9. The van der Waals surface area contributed by atoms with Crippen molar-refractivity contribution in [2.45, 2.75) is 71.7 Å². The third-order valence-corrected chi connectivity index (χ3v) is 11.3. The molecule has 0 fully saturated rings. The number of esters is 1. The Hall–Kier alpha value is -0.743. The molecule has 0 aliphatic heterocycles. The quantitative estimate of drug-likeness (QED) is 0.296. The van der Waals surface area contributed by atoms with Crippen LogP contribution < -0.4 is 0 Å². The van der Waals surface area contributed by atoms with E-state index in [0.29, 0.717) is 24.3 Å². The monoisotopic (exact) mass is 450 g/mol. The summed E-state index contributed by atoms with van der Waals surface area (Å²) in [5.41, 5.74) is 0.997. The number of ether oxygens (including phenoxy) is 1. The predicted octanol–water partition coefficient (Wildman–Crippen LogP) is 4.53. The maximum atomic E-state index is 11.9. The molecule has 1 aromatic rings. The lowest BCUT2D eigenvalue weighted by Crippen LogP contribution is -2.43. The van der Waals surface area contributed by atoms with Crippen molar-refractivity contribution in [3.8, 4) is 0 Å². The van der Waals surface area contributed by atoms with Crippen LogP contribution in [0.25, 0.3) is 0 Å². The standard InChI is InChI=1S/C19H34O6S2Si/c1-9-23-18(20)17-12-14(2)16(26-17)11-10-15(25-27(6,21)22)13-24-28(7,8)19(3,4)5/h12,15H,9-11,13H2,1-8H3/t15-/m0/s1. The van der Waals surface area contributed by atoms with Gasteiger partial charge in [-0.15, -0.1) is 11.3 Å². The SMILES string of the molecule is CCOC(=O)c1cc(C)c(CC[C@@H](CO[Si](C)(C)C(C)(C)C)OS(C)(=O)=O)s1. The number of thiophene rings is 1. The second kappa shape index (κ2) is 9.84. The maximum absolute atomic E-state index is 11.9. The Kier molecular flexibility index (Phi) is 8.89. The van der Waals surface area contributed by atoms with E-state index >= 15 is 0 Å². The van der Waals surface area contributed by atoms with E-state index in [-0.39, 0.29) is 17.6 Å². The Morgan fingerprint density at radius 3 is 2.39 bits per heavy atom. The molecule has 0 aliphatic rings. The van der Waals surface area contributed by atoms with Gasteiger partial charge >= 0.3 is 5.97 Å². The number of aryl methyl sites for hydroxylation is 2. The maximum Gasteiger partial charge on any atom is 0.348 e. The van der Waals surface area contributed by atoms with Gasteiger partial charge in [0.05, 0.1) is 25.6 Å². The van der Waals surface area contributed by atoms with Crippen LogP contribution in [0.3, 0.4) is 0 Å². The van der Waals surface area contributed by atoms with Crippen LogP contribution in [0.5, 0.6) is 0 Å². The Bertz CT molecular complexity index is 762. The third kappa shape index (κ3) is 7.94. The second-order valence-electron chi connectivity index (χ2n) is 8.47. The first-order valence-electron chi connectivity index (χ1n) is 9.45. The van der Waals surface area contributed by atoms with E-state index in [1.54, 1.807) is 6.92 Å². The molecule has 1 atom stereocenters. The molecule has 0 aliphatic carbocycles. The van der Waals surface area contributed by atoms with E-state index < -0.39 is 24.5 Å². The fraction of sp³-hybridized carbons (Fsp3) is 0.737. The van der Waals surface area contributed by atoms with Crippen LogP contribution >= 0.6 is 11.3 Å². The average Bonchev–Trinajstić information content (AvgIpc) is 2.89. The summed E-state index contributed by atoms with van der Waals surface area (Å²) < 4.78 is 39.9. The van der Waals surface area contributed by atoms with E-state index in [2.05, 4.69) is 33.9 Å². The van der Waals surface area contributed by atoms with Crippen LogP contribution in [0.15, 0.2) is 6.07 Å². The highest BCUT2D eigenvalue weighted by molar-refractivity contribution is 7.86. The number of carbonyl (C=O) groups excluding carboxylic acids is 1. The zero-order valence-electron chi connectivity index (χ0n) is 18.2. The van der Waals surface area contributed by atoms with E-state index in [9.17, 15) is 13.2 Å². The lowest BCUT2D eigenvalue weighted by molar-refractivity contribution is 0.0532. The minimum atomic E-state index is -3.59. The van der Waals surface area contributed by atoms with Gasteiger partial charge in [-0.1, -0.05) is 20.8 Å². The molecular formula is C19H34O6S2Si. The van der Waals surface area contributed by atoms with Gasteiger partial charge < -0.3 is 9.16 Å². The van der Waals surface area contributed by atoms with Crippen LogP contribution in [0, 0.1) is 6.92 Å². The molecule has 0 unspecified atom stereocenters. The zero-order chi connectivity index (χ0) is 21.8. The molecule has 1 heterocycles. The summed E-state index contributed by atoms with van der Waals surface area (Å²) in [5.74, 6) is -0.327. The van der Waals surface area contributed by atoms with Crippen molar-refractivity contribution >= 4 is 35.7 Å². The highest BCUT2D eigenvalue weighted by atomic mass is 32.2. The fourth-order valence-corrected chi connectivity index (χ4v) is 5.05. The molecule has 0 N–H and O–H groups in total. The van der Waals surface area contributed by atoms with Gasteiger partial charge in [-0.2, -0.15) is 8.42 Å². The van der Waals surface area contributed by atoms with Crippen LogP contribution in [-0.2, 0) is 29.9 Å². The molecule has 1 rings (SSSR count). The number of rotatable bonds is 10. The normalized spacial score (nSPS) is 14.1. The molecule has 0 bridgehead atoms. The molecule has 0 saturated heterocycles. The van der Waals surface area contributed by atoms with Gasteiger partial charge in [-0.25, -0.2) is 4.79 Å². The molecule has 162 valence electrons. The van der Waals surface area contributed by atoms with Crippen LogP contribution in [-0.4, -0.2) is 48.3 Å². The molecule has 28 heavy (non-hydrogen) atoms. The molecule has 0 radical (unpaired) electrons. The predicted molar refractivity (Wildman–Crippen MR) is 116 cm³/mol. The second-order valence-corrected chi connectivity index (χ2v) is 16.0. The van der Waals surface area contributed by atoms with Gasteiger partial charge in [0.15, 0.2) is 8.32 Å². The van der Waals surface area contributed by atoms with Crippen molar-refractivity contribution in [2.75, 3.05) is 19.5 Å². The lowest BCUT2D eigenvalue weighted by Gasteiger charge is -2.37. The summed E-state index contributed by atoms with van der Waals surface area (Å²) in [6.07, 6.45) is 1.60. The molecule has 0 saturated carbocycles. The van der Waals surface area contributed by atoms with E-state index in [1.165, 1.54) is 11.3 Å². The van der Waals surface area contributed by atoms with Crippen molar-refractivity contribution < 1.29 is 26.6 Å². The molecule has 1 aromatic heterocycles. The minimum Gasteiger partial charge on any atom is -0.462 e. The molecule has 0 amide bonds. The summed E-state index contributed by atoms with van der Waals surface area (Å²) in [6, 6.07) is 1.82. The minimum absolute atomic E-state index is 0.0293. The lowest BCUT2D eigenvalue weighted by atomic mass is 10.1. The van der Waals surface area contributed by atoms with Crippen LogP contribution in [0.2, 0.25) is 18.1 Å². The summed E-state index contributed by atoms with van der Waals surface area (Å²) in [5, 5.41) is 0.0293. The van der Waals surface area contributed by atoms with Gasteiger partial charge in [0.2, 0.25) is 0 Å². The molecule has 6 nitrogen and oxygen atoms in total. The molecule has 0 aromatic carbocycles. The van der Waals surface area contributed by atoms with Crippen molar-refractivity contribution in [2.24, 2.45) is 0 Å². The Labute approximate surface area is 174 Å².